The number of rotatable bonds is 5. The van der Waals surface area contributed by atoms with Crippen LogP contribution in [-0.2, 0) is 6.54 Å². The maximum Gasteiger partial charge on any atom is 0.191 e. The number of nitrogens with one attached hydrogen (secondary N) is 2. The lowest BCUT2D eigenvalue weighted by Crippen LogP contribution is -2.47. The Balaban J connectivity index is 2.38. The summed E-state index contributed by atoms with van der Waals surface area (Å²) < 4.78 is 1.97. The molecular formula is C14H27N5. The zero-order valence-electron chi connectivity index (χ0n) is 12.8. The van der Waals surface area contributed by atoms with Gasteiger partial charge in [0.1, 0.15) is 0 Å². The Labute approximate surface area is 116 Å². The molecule has 0 fully saturated rings. The van der Waals surface area contributed by atoms with Crippen LogP contribution < -0.4 is 10.6 Å². The second-order valence-corrected chi connectivity index (χ2v) is 5.77. The molecule has 5 nitrogen and oxygen atoms in total. The zero-order valence-corrected chi connectivity index (χ0v) is 12.8. The molecule has 0 aromatic carbocycles. The van der Waals surface area contributed by atoms with Crippen molar-refractivity contribution in [3.63, 3.8) is 0 Å². The minimum atomic E-state index is 0.0279. The van der Waals surface area contributed by atoms with Crippen molar-refractivity contribution in [3.05, 3.63) is 18.0 Å². The fourth-order valence-electron chi connectivity index (χ4n) is 1.68. The van der Waals surface area contributed by atoms with E-state index in [1.165, 1.54) is 5.56 Å². The van der Waals surface area contributed by atoms with Crippen molar-refractivity contribution in [2.24, 2.45) is 4.99 Å². The number of hydrogen-bond donors (Lipinski definition) is 2. The second kappa shape index (κ2) is 7.16. The Morgan fingerprint density at radius 1 is 1.42 bits per heavy atom. The van der Waals surface area contributed by atoms with E-state index in [1.54, 1.807) is 0 Å². The summed E-state index contributed by atoms with van der Waals surface area (Å²) in [6.07, 6.45) is 4.93. The molecule has 0 spiro atoms. The standard InChI is InChI=1S/C14H27N5/c1-6-15-13(18-14(3,4)5)16-8-7-9-19-11-12(2)10-17-19/h10-11H,6-9H2,1-5H3,(H2,15,16,18). The van der Waals surface area contributed by atoms with Crippen LogP contribution in [0.4, 0.5) is 0 Å². The minimum absolute atomic E-state index is 0.0279. The van der Waals surface area contributed by atoms with E-state index in [1.807, 2.05) is 10.9 Å². The summed E-state index contributed by atoms with van der Waals surface area (Å²) in [6.45, 7) is 13.1. The quantitative estimate of drug-likeness (QED) is 0.486. The smallest absolute Gasteiger partial charge is 0.191 e. The van der Waals surface area contributed by atoms with Crippen LogP contribution in [0.3, 0.4) is 0 Å². The highest BCUT2D eigenvalue weighted by atomic mass is 15.3. The summed E-state index contributed by atoms with van der Waals surface area (Å²) in [5.41, 5.74) is 1.23. The van der Waals surface area contributed by atoms with Crippen molar-refractivity contribution in [2.75, 3.05) is 13.1 Å². The molecular weight excluding hydrogens is 238 g/mol. The van der Waals surface area contributed by atoms with Gasteiger partial charge in [-0.1, -0.05) is 0 Å². The van der Waals surface area contributed by atoms with E-state index in [4.69, 9.17) is 0 Å². The van der Waals surface area contributed by atoms with E-state index in [-0.39, 0.29) is 5.54 Å². The second-order valence-electron chi connectivity index (χ2n) is 5.77. The Kier molecular flexibility index (Phi) is 5.86. The zero-order chi connectivity index (χ0) is 14.3. The van der Waals surface area contributed by atoms with Gasteiger partial charge in [-0.2, -0.15) is 5.10 Å². The Bertz CT molecular complexity index is 400. The number of aliphatic imine (C=N–C) groups is 1. The van der Waals surface area contributed by atoms with Crippen LogP contribution in [0.5, 0.6) is 0 Å². The lowest BCUT2D eigenvalue weighted by Gasteiger charge is -2.23. The highest BCUT2D eigenvalue weighted by Crippen LogP contribution is 1.99. The molecule has 5 heteroatoms. The molecule has 1 rings (SSSR count). The molecule has 1 heterocycles. The third-order valence-electron chi connectivity index (χ3n) is 2.42. The fourth-order valence-corrected chi connectivity index (χ4v) is 1.68. The molecule has 2 N–H and O–H groups in total. The molecule has 0 aliphatic heterocycles. The van der Waals surface area contributed by atoms with Gasteiger partial charge in [0.15, 0.2) is 5.96 Å². The van der Waals surface area contributed by atoms with E-state index >= 15 is 0 Å². The van der Waals surface area contributed by atoms with Gasteiger partial charge in [0.25, 0.3) is 0 Å². The molecule has 0 aliphatic rings. The van der Waals surface area contributed by atoms with Crippen molar-refractivity contribution in [1.29, 1.82) is 0 Å². The first-order valence-electron chi connectivity index (χ1n) is 6.96. The summed E-state index contributed by atoms with van der Waals surface area (Å²) in [4.78, 5) is 4.57. The molecule has 19 heavy (non-hydrogen) atoms. The molecule has 0 amide bonds. The first-order chi connectivity index (χ1) is 8.90. The van der Waals surface area contributed by atoms with Crippen LogP contribution in [0.2, 0.25) is 0 Å². The third-order valence-corrected chi connectivity index (χ3v) is 2.42. The van der Waals surface area contributed by atoms with Crippen molar-refractivity contribution in [1.82, 2.24) is 20.4 Å². The van der Waals surface area contributed by atoms with Gasteiger partial charge in [0.2, 0.25) is 0 Å². The summed E-state index contributed by atoms with van der Waals surface area (Å²) in [5, 5.41) is 10.9. The fraction of sp³-hybridized carbons (Fsp3) is 0.714. The van der Waals surface area contributed by atoms with E-state index in [9.17, 15) is 0 Å². The van der Waals surface area contributed by atoms with Crippen molar-refractivity contribution in [2.45, 2.75) is 53.1 Å². The van der Waals surface area contributed by atoms with Crippen LogP contribution in [0.25, 0.3) is 0 Å². The maximum atomic E-state index is 4.57. The van der Waals surface area contributed by atoms with E-state index in [0.717, 1.165) is 32.0 Å². The van der Waals surface area contributed by atoms with Gasteiger partial charge in [-0.3, -0.25) is 9.67 Å². The number of guanidine groups is 1. The molecule has 0 bridgehead atoms. The van der Waals surface area contributed by atoms with Gasteiger partial charge in [-0.15, -0.1) is 0 Å². The van der Waals surface area contributed by atoms with Gasteiger partial charge in [-0.25, -0.2) is 0 Å². The van der Waals surface area contributed by atoms with E-state index in [2.05, 4.69) is 61.5 Å². The highest BCUT2D eigenvalue weighted by Gasteiger charge is 2.11. The molecule has 108 valence electrons. The molecule has 1 aromatic rings. The Hall–Kier alpha value is -1.52. The van der Waals surface area contributed by atoms with Crippen LogP contribution in [0.1, 0.15) is 39.7 Å². The molecule has 1 aromatic heterocycles. The summed E-state index contributed by atoms with van der Waals surface area (Å²) >= 11 is 0. The number of aryl methyl sites for hydroxylation is 2. The van der Waals surface area contributed by atoms with Crippen LogP contribution in [0, 0.1) is 6.92 Å². The first-order valence-corrected chi connectivity index (χ1v) is 6.96. The average Bonchev–Trinajstić information content (AvgIpc) is 2.68. The van der Waals surface area contributed by atoms with Gasteiger partial charge in [0, 0.05) is 31.4 Å². The number of nitrogens with zero attached hydrogens (tertiary/aromatic N) is 3. The first kappa shape index (κ1) is 15.5. The van der Waals surface area contributed by atoms with Gasteiger partial charge in [0.05, 0.1) is 6.20 Å². The van der Waals surface area contributed by atoms with Gasteiger partial charge in [-0.05, 0) is 46.6 Å². The van der Waals surface area contributed by atoms with Crippen LogP contribution in [0.15, 0.2) is 17.4 Å². The third kappa shape index (κ3) is 6.84. The van der Waals surface area contributed by atoms with Crippen molar-refractivity contribution in [3.8, 4) is 0 Å². The predicted octanol–water partition coefficient (Wildman–Crippen LogP) is 1.94. The molecule has 0 atom stereocenters. The summed E-state index contributed by atoms with van der Waals surface area (Å²) in [6, 6.07) is 0. The Morgan fingerprint density at radius 2 is 2.16 bits per heavy atom. The summed E-state index contributed by atoms with van der Waals surface area (Å²) in [7, 11) is 0. The predicted molar refractivity (Wildman–Crippen MR) is 80.4 cm³/mol. The lowest BCUT2D eigenvalue weighted by molar-refractivity contribution is 0.500. The molecule has 0 aliphatic carbocycles. The molecule has 0 saturated heterocycles. The SMILES string of the molecule is CCNC(=NCCCn1cc(C)cn1)NC(C)(C)C. The molecule has 0 saturated carbocycles. The number of aromatic nitrogens is 2. The van der Waals surface area contributed by atoms with E-state index < -0.39 is 0 Å². The monoisotopic (exact) mass is 265 g/mol. The average molecular weight is 265 g/mol. The normalized spacial score (nSPS) is 12.6. The highest BCUT2D eigenvalue weighted by molar-refractivity contribution is 5.80. The largest absolute Gasteiger partial charge is 0.357 e. The van der Waals surface area contributed by atoms with Crippen molar-refractivity contribution >= 4 is 5.96 Å². The van der Waals surface area contributed by atoms with Gasteiger partial charge < -0.3 is 10.6 Å². The summed E-state index contributed by atoms with van der Waals surface area (Å²) in [5.74, 6) is 0.881. The van der Waals surface area contributed by atoms with Crippen molar-refractivity contribution < 1.29 is 0 Å². The van der Waals surface area contributed by atoms with E-state index in [0.29, 0.717) is 0 Å². The van der Waals surface area contributed by atoms with Gasteiger partial charge >= 0.3 is 0 Å². The molecule has 0 radical (unpaired) electrons. The van der Waals surface area contributed by atoms with Crippen LogP contribution >= 0.6 is 0 Å². The minimum Gasteiger partial charge on any atom is -0.357 e. The maximum absolute atomic E-state index is 4.57. The number of hydrogen-bond acceptors (Lipinski definition) is 2. The lowest BCUT2D eigenvalue weighted by atomic mass is 10.1. The topological polar surface area (TPSA) is 54.2 Å². The van der Waals surface area contributed by atoms with Crippen LogP contribution in [-0.4, -0.2) is 34.4 Å². The Morgan fingerprint density at radius 3 is 2.68 bits per heavy atom. The molecule has 0 unspecified atom stereocenters.